The summed E-state index contributed by atoms with van der Waals surface area (Å²) in [6, 6.07) is 9.74. The monoisotopic (exact) mass is 309 g/mol. The summed E-state index contributed by atoms with van der Waals surface area (Å²) in [6.07, 6.45) is 3.86. The fourth-order valence-electron chi connectivity index (χ4n) is 2.57. The Bertz CT molecular complexity index is 880. The second-order valence-electron chi connectivity index (χ2n) is 5.37. The van der Waals surface area contributed by atoms with Gasteiger partial charge < -0.3 is 9.72 Å². The third-order valence-corrected chi connectivity index (χ3v) is 3.77. The number of unbranched alkanes of at least 4 members (excludes halogenated alkanes) is 1. The molecule has 0 unspecified atom stereocenters. The number of H-pyrrole nitrogens is 1. The van der Waals surface area contributed by atoms with Gasteiger partial charge in [-0.3, -0.25) is 4.99 Å². The molecule has 1 aromatic carbocycles. The van der Waals surface area contributed by atoms with E-state index < -0.39 is 5.97 Å². The predicted octanol–water partition coefficient (Wildman–Crippen LogP) is 3.72. The lowest BCUT2D eigenvalue weighted by Gasteiger charge is -2.02. The van der Waals surface area contributed by atoms with Crippen molar-refractivity contribution in [1.29, 1.82) is 0 Å². The number of methoxy groups -OCH3 is 1. The summed E-state index contributed by atoms with van der Waals surface area (Å²) in [5, 5.41) is 2.01. The van der Waals surface area contributed by atoms with Crippen molar-refractivity contribution in [3.63, 3.8) is 0 Å². The van der Waals surface area contributed by atoms with Crippen LogP contribution in [0.1, 0.15) is 35.9 Å². The van der Waals surface area contributed by atoms with E-state index in [0.717, 1.165) is 41.2 Å². The van der Waals surface area contributed by atoms with Crippen LogP contribution in [0.15, 0.2) is 35.3 Å². The van der Waals surface area contributed by atoms with Crippen molar-refractivity contribution in [3.05, 3.63) is 41.7 Å². The van der Waals surface area contributed by atoms with Gasteiger partial charge in [0.2, 0.25) is 0 Å². The van der Waals surface area contributed by atoms with Crippen molar-refractivity contribution in [2.75, 3.05) is 13.7 Å². The van der Waals surface area contributed by atoms with Crippen LogP contribution in [0.4, 0.5) is 0 Å². The number of pyridine rings is 1. The third-order valence-electron chi connectivity index (χ3n) is 3.77. The van der Waals surface area contributed by atoms with Crippen LogP contribution in [0.5, 0.6) is 0 Å². The van der Waals surface area contributed by atoms with Crippen LogP contribution < -0.4 is 0 Å². The van der Waals surface area contributed by atoms with E-state index in [1.54, 1.807) is 12.3 Å². The van der Waals surface area contributed by atoms with Crippen molar-refractivity contribution < 1.29 is 9.53 Å². The van der Waals surface area contributed by atoms with E-state index in [2.05, 4.69) is 21.9 Å². The van der Waals surface area contributed by atoms with Gasteiger partial charge in [-0.25, -0.2) is 9.78 Å². The maximum Gasteiger partial charge on any atom is 0.356 e. The second-order valence-corrected chi connectivity index (χ2v) is 5.37. The van der Waals surface area contributed by atoms with Gasteiger partial charge in [-0.15, -0.1) is 0 Å². The Kier molecular flexibility index (Phi) is 4.37. The number of aromatic amines is 1. The highest BCUT2D eigenvalue weighted by Gasteiger charge is 2.15. The number of nitrogens with zero attached hydrogens (tertiary/aromatic N) is 2. The minimum atomic E-state index is -0.444. The molecule has 0 radical (unpaired) electrons. The van der Waals surface area contributed by atoms with Gasteiger partial charge in [0.1, 0.15) is 11.4 Å². The number of aliphatic imine (C=N–C) groups is 1. The van der Waals surface area contributed by atoms with Crippen molar-refractivity contribution in [2.24, 2.45) is 4.99 Å². The largest absolute Gasteiger partial charge is 0.464 e. The third kappa shape index (κ3) is 2.95. The van der Waals surface area contributed by atoms with Crippen LogP contribution in [0.3, 0.4) is 0 Å². The first-order chi connectivity index (χ1) is 11.2. The minimum Gasteiger partial charge on any atom is -0.464 e. The molecule has 2 aromatic heterocycles. The number of fused-ring (bicyclic) bond motifs is 3. The number of aromatic nitrogens is 2. The molecule has 0 atom stereocenters. The standard InChI is InChI=1S/C18H19N3O2/c1-3-4-9-19-11-16-17-13(10-15(20-16)18(22)23-2)12-7-5-6-8-14(12)21-17/h5-8,10-11,21H,3-4,9H2,1-2H3. The molecular formula is C18H19N3O2. The number of rotatable bonds is 5. The summed E-state index contributed by atoms with van der Waals surface area (Å²) >= 11 is 0. The molecule has 2 heterocycles. The maximum absolute atomic E-state index is 11.9. The molecule has 0 aliphatic rings. The molecule has 5 nitrogen and oxygen atoms in total. The SMILES string of the molecule is CCCCN=Cc1nc(C(=O)OC)cc2c1[nH]c1ccccc12. The van der Waals surface area contributed by atoms with Crippen molar-refractivity contribution >= 4 is 34.0 Å². The molecule has 0 saturated carbocycles. The van der Waals surface area contributed by atoms with Gasteiger partial charge in [-0.1, -0.05) is 31.5 Å². The Morgan fingerprint density at radius 3 is 2.96 bits per heavy atom. The first kappa shape index (κ1) is 15.2. The number of nitrogens with one attached hydrogen (secondary N) is 1. The lowest BCUT2D eigenvalue weighted by Crippen LogP contribution is -2.06. The molecule has 5 heteroatoms. The van der Waals surface area contributed by atoms with Crippen LogP contribution >= 0.6 is 0 Å². The summed E-state index contributed by atoms with van der Waals surface area (Å²) in [5.41, 5.74) is 2.85. The van der Waals surface area contributed by atoms with Crippen LogP contribution in [-0.4, -0.2) is 35.8 Å². The molecule has 1 N–H and O–H groups in total. The van der Waals surface area contributed by atoms with Crippen molar-refractivity contribution in [2.45, 2.75) is 19.8 Å². The topological polar surface area (TPSA) is 67.3 Å². The maximum atomic E-state index is 11.9. The number of carbonyl (C=O) groups is 1. The number of ether oxygens (including phenoxy) is 1. The summed E-state index contributed by atoms with van der Waals surface area (Å²) in [6.45, 7) is 2.88. The van der Waals surface area contributed by atoms with E-state index in [4.69, 9.17) is 4.74 Å². The fraction of sp³-hybridized carbons (Fsp3) is 0.278. The molecule has 23 heavy (non-hydrogen) atoms. The Hall–Kier alpha value is -2.69. The van der Waals surface area contributed by atoms with Crippen LogP contribution in [-0.2, 0) is 4.74 Å². The highest BCUT2D eigenvalue weighted by atomic mass is 16.5. The van der Waals surface area contributed by atoms with E-state index in [0.29, 0.717) is 11.4 Å². The van der Waals surface area contributed by atoms with Gasteiger partial charge in [0.15, 0.2) is 0 Å². The molecule has 0 aliphatic heterocycles. The molecule has 0 aliphatic carbocycles. The van der Waals surface area contributed by atoms with Crippen LogP contribution in [0.2, 0.25) is 0 Å². The molecule has 0 fully saturated rings. The second kappa shape index (κ2) is 6.60. The van der Waals surface area contributed by atoms with E-state index in [-0.39, 0.29) is 0 Å². The molecule has 118 valence electrons. The summed E-state index contributed by atoms with van der Waals surface area (Å²) in [5.74, 6) is -0.444. The number of carbonyl (C=O) groups excluding carboxylic acids is 1. The van der Waals surface area contributed by atoms with E-state index in [1.807, 2.05) is 24.3 Å². The summed E-state index contributed by atoms with van der Waals surface area (Å²) in [7, 11) is 1.36. The fourth-order valence-corrected chi connectivity index (χ4v) is 2.57. The predicted molar refractivity (Wildman–Crippen MR) is 92.3 cm³/mol. The lowest BCUT2D eigenvalue weighted by molar-refractivity contribution is 0.0594. The molecular weight excluding hydrogens is 290 g/mol. The lowest BCUT2D eigenvalue weighted by atomic mass is 10.1. The Balaban J connectivity index is 2.18. The summed E-state index contributed by atoms with van der Waals surface area (Å²) in [4.78, 5) is 24.1. The van der Waals surface area contributed by atoms with E-state index in [1.165, 1.54) is 7.11 Å². The van der Waals surface area contributed by atoms with Crippen molar-refractivity contribution in [3.8, 4) is 0 Å². The van der Waals surface area contributed by atoms with Gasteiger partial charge >= 0.3 is 5.97 Å². The Labute approximate surface area is 134 Å². The summed E-state index contributed by atoms with van der Waals surface area (Å²) < 4.78 is 4.82. The molecule has 0 bridgehead atoms. The van der Waals surface area contributed by atoms with Gasteiger partial charge in [0.25, 0.3) is 0 Å². The van der Waals surface area contributed by atoms with E-state index in [9.17, 15) is 4.79 Å². The highest BCUT2D eigenvalue weighted by molar-refractivity contribution is 6.13. The zero-order valence-corrected chi connectivity index (χ0v) is 13.3. The zero-order valence-electron chi connectivity index (χ0n) is 13.3. The first-order valence-electron chi connectivity index (χ1n) is 7.74. The minimum absolute atomic E-state index is 0.293. The molecule has 0 saturated heterocycles. The number of hydrogen-bond acceptors (Lipinski definition) is 4. The first-order valence-corrected chi connectivity index (χ1v) is 7.74. The average molecular weight is 309 g/mol. The Morgan fingerprint density at radius 1 is 1.35 bits per heavy atom. The zero-order chi connectivity index (χ0) is 16.2. The van der Waals surface area contributed by atoms with Gasteiger partial charge in [-0.2, -0.15) is 0 Å². The molecule has 0 spiro atoms. The number of hydrogen-bond donors (Lipinski definition) is 1. The quantitative estimate of drug-likeness (QED) is 0.444. The smallest absolute Gasteiger partial charge is 0.356 e. The van der Waals surface area contributed by atoms with Crippen LogP contribution in [0.25, 0.3) is 21.8 Å². The number of esters is 1. The highest BCUT2D eigenvalue weighted by Crippen LogP contribution is 2.27. The van der Waals surface area contributed by atoms with Gasteiger partial charge in [0.05, 0.1) is 12.6 Å². The van der Waals surface area contributed by atoms with E-state index >= 15 is 0 Å². The number of para-hydroxylation sites is 1. The number of benzene rings is 1. The Morgan fingerprint density at radius 2 is 2.17 bits per heavy atom. The van der Waals surface area contributed by atoms with Crippen LogP contribution in [0, 0.1) is 0 Å². The average Bonchev–Trinajstić information content (AvgIpc) is 2.96. The molecule has 0 amide bonds. The van der Waals surface area contributed by atoms with Gasteiger partial charge in [0, 0.05) is 29.0 Å². The van der Waals surface area contributed by atoms with Crippen molar-refractivity contribution in [1.82, 2.24) is 9.97 Å². The van der Waals surface area contributed by atoms with Gasteiger partial charge in [-0.05, 0) is 18.6 Å². The normalized spacial score (nSPS) is 11.6. The molecule has 3 aromatic rings. The molecule has 3 rings (SSSR count).